The van der Waals surface area contributed by atoms with E-state index >= 15 is 0 Å². The summed E-state index contributed by atoms with van der Waals surface area (Å²) >= 11 is 0. The Balaban J connectivity index is 1.52. The van der Waals surface area contributed by atoms with Crippen molar-refractivity contribution in [2.75, 3.05) is 18.1 Å². The summed E-state index contributed by atoms with van der Waals surface area (Å²) in [7, 11) is -3.56. The van der Waals surface area contributed by atoms with Crippen molar-refractivity contribution in [3.63, 3.8) is 0 Å². The Morgan fingerprint density at radius 3 is 2.80 bits per heavy atom. The van der Waals surface area contributed by atoms with Gasteiger partial charge in [-0.1, -0.05) is 0 Å². The number of carbonyl (C=O) groups excluding carboxylic acids is 1. The van der Waals surface area contributed by atoms with E-state index in [-0.39, 0.29) is 28.9 Å². The van der Waals surface area contributed by atoms with Crippen LogP contribution >= 0.6 is 0 Å². The Morgan fingerprint density at radius 1 is 1.32 bits per heavy atom. The molecule has 25 heavy (non-hydrogen) atoms. The van der Waals surface area contributed by atoms with Crippen LogP contribution in [0.15, 0.2) is 23.1 Å². The van der Waals surface area contributed by atoms with Crippen molar-refractivity contribution >= 4 is 21.6 Å². The monoisotopic (exact) mass is 364 g/mol. The van der Waals surface area contributed by atoms with Crippen LogP contribution < -0.4 is 9.62 Å². The summed E-state index contributed by atoms with van der Waals surface area (Å²) in [6.07, 6.45) is 4.48. The second-order valence-corrected chi connectivity index (χ2v) is 9.08. The highest BCUT2D eigenvalue weighted by Gasteiger charge is 2.39. The normalized spacial score (nSPS) is 26.0. The number of anilines is 1. The van der Waals surface area contributed by atoms with Crippen LogP contribution in [-0.4, -0.2) is 39.6 Å². The number of benzene rings is 1. The quantitative estimate of drug-likeness (QED) is 0.865. The van der Waals surface area contributed by atoms with Gasteiger partial charge in [0.25, 0.3) is 0 Å². The van der Waals surface area contributed by atoms with Crippen LogP contribution in [0, 0.1) is 5.92 Å². The molecule has 136 valence electrons. The van der Waals surface area contributed by atoms with Gasteiger partial charge in [-0.05, 0) is 62.8 Å². The molecule has 1 N–H and O–H groups in total. The van der Waals surface area contributed by atoms with Gasteiger partial charge in [0, 0.05) is 30.8 Å². The lowest BCUT2D eigenvalue weighted by Crippen LogP contribution is -2.36. The SMILES string of the molecule is C[C@H]1Cc2cc(S(=O)(=O)NC[C@@H]3CCCO3)ccc2N1C(=O)C1CC1. The van der Waals surface area contributed by atoms with Gasteiger partial charge in [-0.25, -0.2) is 13.1 Å². The lowest BCUT2D eigenvalue weighted by atomic mass is 10.1. The van der Waals surface area contributed by atoms with E-state index < -0.39 is 10.0 Å². The predicted molar refractivity (Wildman–Crippen MR) is 94.0 cm³/mol. The first-order valence-electron chi connectivity index (χ1n) is 9.03. The molecule has 1 saturated heterocycles. The molecule has 2 aliphatic heterocycles. The van der Waals surface area contributed by atoms with E-state index in [0.29, 0.717) is 19.6 Å². The predicted octanol–water partition coefficient (Wildman–Crippen LogP) is 1.83. The van der Waals surface area contributed by atoms with Crippen molar-refractivity contribution in [3.8, 4) is 0 Å². The minimum Gasteiger partial charge on any atom is -0.377 e. The third-order valence-corrected chi connectivity index (χ3v) is 6.69. The van der Waals surface area contributed by atoms with Gasteiger partial charge >= 0.3 is 0 Å². The van der Waals surface area contributed by atoms with Gasteiger partial charge in [0.2, 0.25) is 15.9 Å². The molecule has 2 heterocycles. The summed E-state index contributed by atoms with van der Waals surface area (Å²) in [6.45, 7) is 3.03. The fourth-order valence-electron chi connectivity index (χ4n) is 3.73. The van der Waals surface area contributed by atoms with Crippen molar-refractivity contribution in [1.29, 1.82) is 0 Å². The number of nitrogens with zero attached hydrogens (tertiary/aromatic N) is 1. The molecule has 1 aromatic rings. The first-order valence-corrected chi connectivity index (χ1v) is 10.5. The van der Waals surface area contributed by atoms with Crippen LogP contribution in [0.5, 0.6) is 0 Å². The van der Waals surface area contributed by atoms with Crippen LogP contribution in [-0.2, 0) is 26.0 Å². The van der Waals surface area contributed by atoms with Gasteiger partial charge in [-0.2, -0.15) is 0 Å². The van der Waals surface area contributed by atoms with Crippen LogP contribution in [0.4, 0.5) is 5.69 Å². The van der Waals surface area contributed by atoms with Crippen LogP contribution in [0.25, 0.3) is 0 Å². The van der Waals surface area contributed by atoms with E-state index in [1.54, 1.807) is 18.2 Å². The molecule has 3 aliphatic rings. The molecule has 0 aromatic heterocycles. The number of amides is 1. The molecule has 1 aromatic carbocycles. The molecule has 0 unspecified atom stereocenters. The Morgan fingerprint density at radius 2 is 2.12 bits per heavy atom. The first kappa shape index (κ1) is 17.0. The van der Waals surface area contributed by atoms with Gasteiger partial charge in [-0.15, -0.1) is 0 Å². The van der Waals surface area contributed by atoms with Crippen LogP contribution in [0.1, 0.15) is 38.2 Å². The molecule has 6 nitrogen and oxygen atoms in total. The number of nitrogens with one attached hydrogen (secondary N) is 1. The Hall–Kier alpha value is -1.44. The molecular formula is C18H24N2O4S. The lowest BCUT2D eigenvalue weighted by Gasteiger charge is -2.22. The van der Waals surface area contributed by atoms with E-state index in [1.165, 1.54) is 0 Å². The van der Waals surface area contributed by atoms with Gasteiger partial charge in [-0.3, -0.25) is 4.79 Å². The zero-order chi connectivity index (χ0) is 17.6. The zero-order valence-electron chi connectivity index (χ0n) is 14.4. The summed E-state index contributed by atoms with van der Waals surface area (Å²) in [5.74, 6) is 0.336. The van der Waals surface area contributed by atoms with Crippen molar-refractivity contribution in [3.05, 3.63) is 23.8 Å². The lowest BCUT2D eigenvalue weighted by molar-refractivity contribution is -0.120. The average Bonchev–Trinajstić information content (AvgIpc) is 3.19. The summed E-state index contributed by atoms with van der Waals surface area (Å²) < 4.78 is 33.2. The van der Waals surface area contributed by atoms with Crippen molar-refractivity contribution in [2.24, 2.45) is 5.92 Å². The molecule has 1 amide bonds. The molecule has 0 spiro atoms. The van der Waals surface area contributed by atoms with Crippen molar-refractivity contribution in [2.45, 2.75) is 56.1 Å². The molecule has 1 aliphatic carbocycles. The highest BCUT2D eigenvalue weighted by Crippen LogP contribution is 2.39. The Kier molecular flexibility index (Phi) is 4.33. The largest absolute Gasteiger partial charge is 0.377 e. The Labute approximate surface area is 148 Å². The number of sulfonamides is 1. The first-order chi connectivity index (χ1) is 12.0. The van der Waals surface area contributed by atoms with Gasteiger partial charge in [0.15, 0.2) is 0 Å². The summed E-state index contributed by atoms with van der Waals surface area (Å²) in [4.78, 5) is 14.6. The maximum Gasteiger partial charge on any atom is 0.240 e. The van der Waals surface area contributed by atoms with E-state index in [1.807, 2.05) is 11.8 Å². The van der Waals surface area contributed by atoms with E-state index in [9.17, 15) is 13.2 Å². The number of hydrogen-bond acceptors (Lipinski definition) is 4. The molecule has 2 fully saturated rings. The second-order valence-electron chi connectivity index (χ2n) is 7.31. The average molecular weight is 364 g/mol. The molecule has 7 heteroatoms. The highest BCUT2D eigenvalue weighted by atomic mass is 32.2. The number of hydrogen-bond donors (Lipinski definition) is 1. The summed E-state index contributed by atoms with van der Waals surface area (Å²) in [6, 6.07) is 5.17. The number of carbonyl (C=O) groups is 1. The molecular weight excluding hydrogens is 340 g/mol. The van der Waals surface area contributed by atoms with E-state index in [4.69, 9.17) is 4.74 Å². The maximum atomic E-state index is 12.6. The highest BCUT2D eigenvalue weighted by molar-refractivity contribution is 7.89. The third kappa shape index (κ3) is 3.32. The third-order valence-electron chi connectivity index (χ3n) is 5.27. The van der Waals surface area contributed by atoms with Crippen molar-refractivity contribution in [1.82, 2.24) is 4.72 Å². The number of ether oxygens (including phenoxy) is 1. The number of fused-ring (bicyclic) bond motifs is 1. The fraction of sp³-hybridized carbons (Fsp3) is 0.611. The van der Waals surface area contributed by atoms with Gasteiger partial charge < -0.3 is 9.64 Å². The molecule has 2 atom stereocenters. The topological polar surface area (TPSA) is 75.7 Å². The van der Waals surface area contributed by atoms with Gasteiger partial charge in [0.05, 0.1) is 11.0 Å². The molecule has 0 bridgehead atoms. The summed E-state index contributed by atoms with van der Waals surface area (Å²) in [5, 5.41) is 0. The number of rotatable bonds is 5. The minimum atomic E-state index is -3.56. The summed E-state index contributed by atoms with van der Waals surface area (Å²) in [5.41, 5.74) is 1.80. The van der Waals surface area contributed by atoms with Crippen LogP contribution in [0.2, 0.25) is 0 Å². The molecule has 0 radical (unpaired) electrons. The Bertz CT molecular complexity index is 782. The van der Waals surface area contributed by atoms with E-state index in [2.05, 4.69) is 4.72 Å². The van der Waals surface area contributed by atoms with Crippen molar-refractivity contribution < 1.29 is 17.9 Å². The van der Waals surface area contributed by atoms with E-state index in [0.717, 1.165) is 36.9 Å². The standard InChI is InChI=1S/C18H24N2O4S/c1-12-9-14-10-16(25(22,23)19-11-15-3-2-8-24-15)6-7-17(14)20(12)18(21)13-4-5-13/h6-7,10,12-13,15,19H,2-5,8-9,11H2,1H3/t12-,15-/m0/s1. The smallest absolute Gasteiger partial charge is 0.240 e. The van der Waals surface area contributed by atoms with Gasteiger partial charge in [0.1, 0.15) is 0 Å². The minimum absolute atomic E-state index is 0.0316. The second kappa shape index (κ2) is 6.37. The fourth-order valence-corrected chi connectivity index (χ4v) is 4.85. The molecule has 1 saturated carbocycles. The zero-order valence-corrected chi connectivity index (χ0v) is 15.2. The van der Waals surface area contributed by atoms with Crippen LogP contribution in [0.3, 0.4) is 0 Å². The molecule has 4 rings (SSSR count). The maximum absolute atomic E-state index is 12.6.